The number of amides is 1. The van der Waals surface area contributed by atoms with Crippen LogP contribution in [0.5, 0.6) is 0 Å². The maximum absolute atomic E-state index is 12.1. The highest BCUT2D eigenvalue weighted by molar-refractivity contribution is 14.0. The van der Waals surface area contributed by atoms with Crippen molar-refractivity contribution in [3.63, 3.8) is 0 Å². The summed E-state index contributed by atoms with van der Waals surface area (Å²) in [7, 11) is 0. The van der Waals surface area contributed by atoms with Gasteiger partial charge >= 0.3 is 6.09 Å². The van der Waals surface area contributed by atoms with E-state index >= 15 is 0 Å². The van der Waals surface area contributed by atoms with Gasteiger partial charge in [0.1, 0.15) is 5.60 Å². The summed E-state index contributed by atoms with van der Waals surface area (Å²) < 4.78 is 11.1. The second kappa shape index (κ2) is 12.9. The van der Waals surface area contributed by atoms with E-state index < -0.39 is 5.60 Å². The van der Waals surface area contributed by atoms with E-state index in [0.717, 1.165) is 19.4 Å². The molecule has 1 fully saturated rings. The van der Waals surface area contributed by atoms with Crippen molar-refractivity contribution in [2.45, 2.75) is 39.2 Å². The van der Waals surface area contributed by atoms with Gasteiger partial charge < -0.3 is 25.0 Å². The number of hydrogen-bond acceptors (Lipinski definition) is 4. The van der Waals surface area contributed by atoms with Crippen molar-refractivity contribution in [2.75, 3.05) is 45.9 Å². The molecule has 0 spiro atoms. The van der Waals surface area contributed by atoms with Gasteiger partial charge in [-0.3, -0.25) is 4.99 Å². The Bertz CT molecular complexity index is 627. The first-order chi connectivity index (χ1) is 13.3. The van der Waals surface area contributed by atoms with Crippen molar-refractivity contribution in [1.29, 1.82) is 0 Å². The molecule has 29 heavy (non-hydrogen) atoms. The second-order valence-corrected chi connectivity index (χ2v) is 7.90. The Balaban J connectivity index is 0.00000420. The first-order valence-electron chi connectivity index (χ1n) is 9.99. The van der Waals surface area contributed by atoms with E-state index in [9.17, 15) is 4.79 Å². The van der Waals surface area contributed by atoms with E-state index in [1.807, 2.05) is 43.9 Å². The highest BCUT2D eigenvalue weighted by Crippen LogP contribution is 2.11. The molecule has 0 atom stereocenters. The Kier molecular flexibility index (Phi) is 11.3. The van der Waals surface area contributed by atoms with Crippen LogP contribution in [0.1, 0.15) is 32.8 Å². The Labute approximate surface area is 191 Å². The molecular formula is C21H35IN4O3. The molecule has 0 aromatic heterocycles. The van der Waals surface area contributed by atoms with Crippen LogP contribution in [0.25, 0.3) is 0 Å². The van der Waals surface area contributed by atoms with Crippen LogP contribution in [0.2, 0.25) is 0 Å². The number of nitrogens with zero attached hydrogens (tertiary/aromatic N) is 3. The number of carbonyl (C=O) groups is 1. The van der Waals surface area contributed by atoms with E-state index in [1.165, 1.54) is 5.56 Å². The lowest BCUT2D eigenvalue weighted by molar-refractivity contribution is 0.0186. The van der Waals surface area contributed by atoms with Gasteiger partial charge in [0.2, 0.25) is 0 Å². The Morgan fingerprint density at radius 1 is 1.07 bits per heavy atom. The van der Waals surface area contributed by atoms with Crippen LogP contribution in [0, 0.1) is 0 Å². The molecule has 164 valence electrons. The number of piperazine rings is 1. The van der Waals surface area contributed by atoms with Gasteiger partial charge in [0.15, 0.2) is 5.96 Å². The van der Waals surface area contributed by atoms with Crippen LogP contribution in [-0.4, -0.2) is 73.4 Å². The second-order valence-electron chi connectivity index (χ2n) is 7.90. The number of guanidine groups is 1. The predicted octanol–water partition coefficient (Wildman–Crippen LogP) is 3.12. The fourth-order valence-corrected chi connectivity index (χ4v) is 2.84. The summed E-state index contributed by atoms with van der Waals surface area (Å²) in [5, 5.41) is 0. The number of carbonyl (C=O) groups excluding carboxylic acids is 1. The van der Waals surface area contributed by atoms with Crippen molar-refractivity contribution in [3.8, 4) is 0 Å². The molecule has 1 heterocycles. The smallest absolute Gasteiger partial charge is 0.410 e. The first kappa shape index (κ1) is 25.5. The zero-order valence-electron chi connectivity index (χ0n) is 17.8. The predicted molar refractivity (Wildman–Crippen MR) is 127 cm³/mol. The molecule has 1 saturated heterocycles. The fourth-order valence-electron chi connectivity index (χ4n) is 2.84. The SMILES string of the molecule is CC(C)(C)OC(=O)N1CCN(C(N)=NCCCOCCc2ccccc2)CC1.I. The zero-order valence-corrected chi connectivity index (χ0v) is 20.1. The van der Waals surface area contributed by atoms with Gasteiger partial charge in [-0.25, -0.2) is 4.79 Å². The summed E-state index contributed by atoms with van der Waals surface area (Å²) in [5.41, 5.74) is 6.90. The largest absolute Gasteiger partial charge is 0.444 e. The standard InChI is InChI=1S/C21H34N4O3.HI/c1-21(2,3)28-20(26)25-14-12-24(13-15-25)19(22)23-11-7-16-27-17-10-18-8-5-4-6-9-18;/h4-6,8-9H,7,10-17H2,1-3H3,(H2,22,23);1H. The van der Waals surface area contributed by atoms with Crippen molar-refractivity contribution >= 4 is 36.0 Å². The van der Waals surface area contributed by atoms with E-state index in [2.05, 4.69) is 17.1 Å². The van der Waals surface area contributed by atoms with Gasteiger partial charge in [-0.1, -0.05) is 30.3 Å². The molecule has 2 N–H and O–H groups in total. The van der Waals surface area contributed by atoms with Crippen molar-refractivity contribution in [3.05, 3.63) is 35.9 Å². The minimum Gasteiger partial charge on any atom is -0.444 e. The maximum Gasteiger partial charge on any atom is 0.410 e. The maximum atomic E-state index is 12.1. The van der Waals surface area contributed by atoms with Gasteiger partial charge in [0.25, 0.3) is 0 Å². The summed E-state index contributed by atoms with van der Waals surface area (Å²) in [6, 6.07) is 10.3. The average Bonchev–Trinajstić information content (AvgIpc) is 2.66. The third-order valence-electron chi connectivity index (χ3n) is 4.35. The third-order valence-corrected chi connectivity index (χ3v) is 4.35. The molecule has 0 bridgehead atoms. The monoisotopic (exact) mass is 518 g/mol. The molecule has 0 saturated carbocycles. The van der Waals surface area contributed by atoms with Crippen molar-refractivity contribution in [2.24, 2.45) is 10.7 Å². The summed E-state index contributed by atoms with van der Waals surface area (Å²) in [6.07, 6.45) is 1.50. The lowest BCUT2D eigenvalue weighted by atomic mass is 10.2. The molecule has 0 aliphatic carbocycles. The van der Waals surface area contributed by atoms with Gasteiger partial charge in [-0.2, -0.15) is 0 Å². The molecule has 1 aliphatic rings. The number of hydrogen-bond donors (Lipinski definition) is 1. The van der Waals surface area contributed by atoms with Crippen molar-refractivity contribution < 1.29 is 14.3 Å². The van der Waals surface area contributed by atoms with Gasteiger partial charge in [-0.05, 0) is 39.2 Å². The molecule has 1 amide bonds. The quantitative estimate of drug-likeness (QED) is 0.260. The van der Waals surface area contributed by atoms with E-state index in [4.69, 9.17) is 15.2 Å². The van der Waals surface area contributed by atoms with Gasteiger partial charge in [0, 0.05) is 39.3 Å². The fraction of sp³-hybridized carbons (Fsp3) is 0.619. The van der Waals surface area contributed by atoms with Crippen LogP contribution in [0.4, 0.5) is 4.79 Å². The van der Waals surface area contributed by atoms with Gasteiger partial charge in [-0.15, -0.1) is 24.0 Å². The lowest BCUT2D eigenvalue weighted by Gasteiger charge is -2.36. The first-order valence-corrected chi connectivity index (χ1v) is 9.99. The summed E-state index contributed by atoms with van der Waals surface area (Å²) in [4.78, 5) is 20.3. The zero-order chi connectivity index (χ0) is 20.4. The number of aliphatic imine (C=N–C) groups is 1. The lowest BCUT2D eigenvalue weighted by Crippen LogP contribution is -2.53. The number of rotatable bonds is 7. The number of ether oxygens (including phenoxy) is 2. The summed E-state index contributed by atoms with van der Waals surface area (Å²) >= 11 is 0. The normalized spacial score (nSPS) is 15.1. The summed E-state index contributed by atoms with van der Waals surface area (Å²) in [5.74, 6) is 0.535. The molecule has 2 rings (SSSR count). The molecule has 7 nitrogen and oxygen atoms in total. The van der Waals surface area contributed by atoms with Crippen LogP contribution in [0.3, 0.4) is 0 Å². The van der Waals surface area contributed by atoms with E-state index in [-0.39, 0.29) is 30.1 Å². The minimum absolute atomic E-state index is 0. The average molecular weight is 518 g/mol. The number of halogens is 1. The van der Waals surface area contributed by atoms with Crippen LogP contribution in [-0.2, 0) is 15.9 Å². The van der Waals surface area contributed by atoms with E-state index in [1.54, 1.807) is 4.90 Å². The summed E-state index contributed by atoms with van der Waals surface area (Å²) in [6.45, 7) is 10.2. The Morgan fingerprint density at radius 2 is 1.69 bits per heavy atom. The highest BCUT2D eigenvalue weighted by atomic mass is 127. The molecule has 1 aromatic rings. The Hall–Kier alpha value is -1.55. The molecular weight excluding hydrogens is 483 g/mol. The molecule has 1 aromatic carbocycles. The van der Waals surface area contributed by atoms with Gasteiger partial charge in [0.05, 0.1) is 6.61 Å². The third kappa shape index (κ3) is 10.2. The highest BCUT2D eigenvalue weighted by Gasteiger charge is 2.26. The van der Waals surface area contributed by atoms with Crippen molar-refractivity contribution in [1.82, 2.24) is 9.80 Å². The number of benzene rings is 1. The molecule has 0 unspecified atom stereocenters. The van der Waals surface area contributed by atoms with Crippen LogP contribution in [0.15, 0.2) is 35.3 Å². The van der Waals surface area contributed by atoms with Crippen LogP contribution >= 0.6 is 24.0 Å². The topological polar surface area (TPSA) is 80.4 Å². The molecule has 8 heteroatoms. The van der Waals surface area contributed by atoms with Crippen LogP contribution < -0.4 is 5.73 Å². The Morgan fingerprint density at radius 3 is 2.31 bits per heavy atom. The van der Waals surface area contributed by atoms with E-state index in [0.29, 0.717) is 45.3 Å². The molecule has 0 radical (unpaired) electrons. The number of nitrogens with two attached hydrogens (primary N) is 1. The minimum atomic E-state index is -0.474. The molecule has 1 aliphatic heterocycles.